The zero-order valence-electron chi connectivity index (χ0n) is 27.3. The molecule has 0 saturated carbocycles. The van der Waals surface area contributed by atoms with Crippen LogP contribution in [0.4, 0.5) is 17.6 Å². The van der Waals surface area contributed by atoms with E-state index in [1.165, 1.54) is 95.6 Å². The quantitative estimate of drug-likeness (QED) is 0.0768. The molecule has 0 amide bonds. The SMILES string of the molecule is CCCCCCCCCCc1ccc(Oc2ccc(F)c(C(F)(F)Oc3ccc(CCCCCCCCCC)cc3)c2F)cc1. The summed E-state index contributed by atoms with van der Waals surface area (Å²) < 4.78 is 70.5. The lowest BCUT2D eigenvalue weighted by Crippen LogP contribution is -2.25. The number of ether oxygens (including phenoxy) is 2. The van der Waals surface area contributed by atoms with Crippen molar-refractivity contribution in [2.45, 2.75) is 136 Å². The lowest BCUT2D eigenvalue weighted by Gasteiger charge is -2.20. The Kier molecular flexibility index (Phi) is 16.3. The molecule has 0 saturated heterocycles. The largest absolute Gasteiger partial charge is 0.454 e. The first-order valence-electron chi connectivity index (χ1n) is 17.2. The van der Waals surface area contributed by atoms with Gasteiger partial charge < -0.3 is 9.47 Å². The molecule has 45 heavy (non-hydrogen) atoms. The molecule has 0 fully saturated rings. The van der Waals surface area contributed by atoms with Crippen LogP contribution in [0.2, 0.25) is 0 Å². The van der Waals surface area contributed by atoms with Crippen LogP contribution >= 0.6 is 0 Å². The van der Waals surface area contributed by atoms with Crippen molar-refractivity contribution in [1.29, 1.82) is 0 Å². The zero-order valence-corrected chi connectivity index (χ0v) is 27.3. The minimum absolute atomic E-state index is 0.170. The highest BCUT2D eigenvalue weighted by molar-refractivity contribution is 5.39. The first kappa shape index (κ1) is 36.4. The van der Waals surface area contributed by atoms with Crippen LogP contribution in [-0.4, -0.2) is 0 Å². The Morgan fingerprint density at radius 3 is 1.40 bits per heavy atom. The van der Waals surface area contributed by atoms with Crippen molar-refractivity contribution in [3.63, 3.8) is 0 Å². The number of hydrogen-bond donors (Lipinski definition) is 0. The van der Waals surface area contributed by atoms with Crippen LogP contribution in [0, 0.1) is 11.6 Å². The van der Waals surface area contributed by atoms with Crippen LogP contribution in [0.5, 0.6) is 17.2 Å². The lowest BCUT2D eigenvalue weighted by molar-refractivity contribution is -0.189. The van der Waals surface area contributed by atoms with Crippen LogP contribution in [-0.2, 0) is 19.0 Å². The number of halogens is 4. The van der Waals surface area contributed by atoms with E-state index in [1.807, 2.05) is 12.1 Å². The maximum atomic E-state index is 15.3. The molecule has 0 heterocycles. The highest BCUT2D eigenvalue weighted by atomic mass is 19.3. The molecular weight excluding hydrogens is 576 g/mol. The van der Waals surface area contributed by atoms with Gasteiger partial charge in [0.1, 0.15) is 22.9 Å². The summed E-state index contributed by atoms with van der Waals surface area (Å²) in [5.74, 6) is -3.28. The minimum atomic E-state index is -4.24. The van der Waals surface area contributed by atoms with Gasteiger partial charge in [-0.2, -0.15) is 8.78 Å². The van der Waals surface area contributed by atoms with E-state index >= 15 is 13.2 Å². The third kappa shape index (κ3) is 13.1. The van der Waals surface area contributed by atoms with Crippen molar-refractivity contribution >= 4 is 0 Å². The van der Waals surface area contributed by atoms with Crippen molar-refractivity contribution in [3.05, 3.63) is 89.0 Å². The number of alkyl halides is 2. The van der Waals surface area contributed by atoms with Gasteiger partial charge in [-0.1, -0.05) is 128 Å². The number of hydrogen-bond acceptors (Lipinski definition) is 2. The Hall–Kier alpha value is -3.02. The first-order chi connectivity index (χ1) is 21.8. The molecule has 0 radical (unpaired) electrons. The molecule has 0 atom stereocenters. The topological polar surface area (TPSA) is 18.5 Å². The average Bonchev–Trinajstić information content (AvgIpc) is 3.02. The molecule has 3 rings (SSSR count). The van der Waals surface area contributed by atoms with Crippen LogP contribution < -0.4 is 9.47 Å². The molecule has 0 aliphatic carbocycles. The standard InChI is InChI=1S/C39H52F4O2/c1-3-5-7-9-11-13-15-17-19-31-21-25-33(26-22-31)44-36-30-29-35(40)37(38(36)41)39(42,43)45-34-27-23-32(24-28-34)20-18-16-14-12-10-8-6-4-2/h21-30H,3-20H2,1-2H3. The predicted molar refractivity (Wildman–Crippen MR) is 176 cm³/mol. The van der Waals surface area contributed by atoms with Crippen molar-refractivity contribution in [3.8, 4) is 17.2 Å². The van der Waals surface area contributed by atoms with Gasteiger partial charge in [0.05, 0.1) is 0 Å². The zero-order chi connectivity index (χ0) is 32.3. The van der Waals surface area contributed by atoms with E-state index in [0.717, 1.165) is 55.4 Å². The molecule has 3 aromatic carbocycles. The summed E-state index contributed by atoms with van der Waals surface area (Å²) in [6.45, 7) is 4.43. The molecule has 2 nitrogen and oxygen atoms in total. The van der Waals surface area contributed by atoms with E-state index in [9.17, 15) is 4.39 Å². The van der Waals surface area contributed by atoms with Gasteiger partial charge in [-0.25, -0.2) is 8.78 Å². The maximum absolute atomic E-state index is 15.3. The van der Waals surface area contributed by atoms with Crippen LogP contribution in [0.1, 0.15) is 133 Å². The van der Waals surface area contributed by atoms with Gasteiger partial charge in [0, 0.05) is 0 Å². The maximum Gasteiger partial charge on any atom is 0.432 e. The highest BCUT2D eigenvalue weighted by Gasteiger charge is 2.42. The van der Waals surface area contributed by atoms with E-state index in [1.54, 1.807) is 24.3 Å². The van der Waals surface area contributed by atoms with Crippen LogP contribution in [0.15, 0.2) is 60.7 Å². The third-order valence-electron chi connectivity index (χ3n) is 8.31. The average molecular weight is 629 g/mol. The lowest BCUT2D eigenvalue weighted by atomic mass is 10.0. The summed E-state index contributed by atoms with van der Waals surface area (Å²) in [4.78, 5) is 0. The Morgan fingerprint density at radius 2 is 0.933 bits per heavy atom. The van der Waals surface area contributed by atoms with E-state index in [4.69, 9.17) is 9.47 Å². The summed E-state index contributed by atoms with van der Waals surface area (Å²) in [7, 11) is 0. The molecule has 0 unspecified atom stereocenters. The summed E-state index contributed by atoms with van der Waals surface area (Å²) in [5, 5.41) is 0. The van der Waals surface area contributed by atoms with Gasteiger partial charge in [-0.15, -0.1) is 0 Å². The molecule has 0 N–H and O–H groups in total. The van der Waals surface area contributed by atoms with Gasteiger partial charge in [-0.3, -0.25) is 0 Å². The number of benzene rings is 3. The van der Waals surface area contributed by atoms with Crippen molar-refractivity contribution in [1.82, 2.24) is 0 Å². The summed E-state index contributed by atoms with van der Waals surface area (Å²) in [6, 6.07) is 15.2. The second-order valence-electron chi connectivity index (χ2n) is 12.2. The van der Waals surface area contributed by atoms with Crippen LogP contribution in [0.25, 0.3) is 0 Å². The minimum Gasteiger partial charge on any atom is -0.454 e. The van der Waals surface area contributed by atoms with E-state index in [2.05, 4.69) is 13.8 Å². The summed E-state index contributed by atoms with van der Waals surface area (Å²) >= 11 is 0. The summed E-state index contributed by atoms with van der Waals surface area (Å²) in [5.41, 5.74) is 0.653. The predicted octanol–water partition coefficient (Wildman–Crippen LogP) is 13.3. The summed E-state index contributed by atoms with van der Waals surface area (Å²) in [6.07, 6.45) is 17.1. The fourth-order valence-corrected chi connectivity index (χ4v) is 5.58. The van der Waals surface area contributed by atoms with Gasteiger partial charge in [0.2, 0.25) is 0 Å². The van der Waals surface area contributed by atoms with Crippen molar-refractivity contribution < 1.29 is 27.0 Å². The molecule has 248 valence electrons. The van der Waals surface area contributed by atoms with Crippen molar-refractivity contribution in [2.24, 2.45) is 0 Å². The Labute approximate surface area is 268 Å². The van der Waals surface area contributed by atoms with Crippen molar-refractivity contribution in [2.75, 3.05) is 0 Å². The van der Waals surface area contributed by atoms with Crippen LogP contribution in [0.3, 0.4) is 0 Å². The Bertz CT molecular complexity index is 1230. The van der Waals surface area contributed by atoms with Gasteiger partial charge in [0.25, 0.3) is 0 Å². The molecule has 0 aromatic heterocycles. The van der Waals surface area contributed by atoms with E-state index < -0.39 is 29.1 Å². The van der Waals surface area contributed by atoms with Gasteiger partial charge in [0.15, 0.2) is 11.6 Å². The van der Waals surface area contributed by atoms with E-state index in [0.29, 0.717) is 0 Å². The first-order valence-corrected chi connectivity index (χ1v) is 17.2. The fraction of sp³-hybridized carbons (Fsp3) is 0.538. The monoisotopic (exact) mass is 628 g/mol. The highest BCUT2D eigenvalue weighted by Crippen LogP contribution is 2.39. The second kappa shape index (κ2) is 20.2. The molecule has 0 bridgehead atoms. The van der Waals surface area contributed by atoms with E-state index in [-0.39, 0.29) is 11.5 Å². The molecule has 3 aromatic rings. The Morgan fingerprint density at radius 1 is 0.511 bits per heavy atom. The molecule has 0 spiro atoms. The normalized spacial score (nSPS) is 11.6. The van der Waals surface area contributed by atoms with Gasteiger partial charge >= 0.3 is 6.11 Å². The molecule has 0 aliphatic heterocycles. The smallest absolute Gasteiger partial charge is 0.432 e. The molecule has 6 heteroatoms. The molecular formula is C39H52F4O2. The molecule has 0 aliphatic rings. The Balaban J connectivity index is 1.50. The van der Waals surface area contributed by atoms with Gasteiger partial charge in [-0.05, 0) is 73.2 Å². The number of rotatable bonds is 23. The second-order valence-corrected chi connectivity index (χ2v) is 12.2. The third-order valence-corrected chi connectivity index (χ3v) is 8.31. The number of unbranched alkanes of at least 4 members (excludes halogenated alkanes) is 14. The number of aryl methyl sites for hydroxylation is 2. The fourth-order valence-electron chi connectivity index (χ4n) is 5.58.